The van der Waals surface area contributed by atoms with E-state index in [0.717, 1.165) is 24.4 Å². The van der Waals surface area contributed by atoms with Crippen molar-refractivity contribution >= 4 is 5.69 Å². The second-order valence-electron chi connectivity index (χ2n) is 6.30. The van der Waals surface area contributed by atoms with Gasteiger partial charge in [0.05, 0.1) is 11.3 Å². The number of anilines is 1. The molecule has 0 saturated carbocycles. The van der Waals surface area contributed by atoms with Gasteiger partial charge in [-0.25, -0.2) is 0 Å². The van der Waals surface area contributed by atoms with E-state index in [9.17, 15) is 0 Å². The van der Waals surface area contributed by atoms with Crippen LogP contribution in [0.3, 0.4) is 0 Å². The van der Waals surface area contributed by atoms with Crippen LogP contribution >= 0.6 is 0 Å². The number of hydrogen-bond donors (Lipinski definition) is 2. The Hall–Kier alpha value is -1.06. The third-order valence-corrected chi connectivity index (χ3v) is 4.11. The average Bonchev–Trinajstić information content (AvgIpc) is 2.45. The minimum Gasteiger partial charge on any atom is -0.379 e. The minimum absolute atomic E-state index is 0.00971. The molecule has 3 nitrogen and oxygen atoms in total. The van der Waals surface area contributed by atoms with Crippen molar-refractivity contribution in [1.29, 1.82) is 0 Å². The minimum atomic E-state index is 0.00971. The van der Waals surface area contributed by atoms with E-state index < -0.39 is 0 Å². The van der Waals surface area contributed by atoms with Gasteiger partial charge < -0.3 is 10.2 Å². The Morgan fingerprint density at radius 1 is 1.25 bits per heavy atom. The number of nitrogens with two attached hydrogens (primary N) is 1. The molecule has 0 aliphatic heterocycles. The largest absolute Gasteiger partial charge is 0.379 e. The fourth-order valence-corrected chi connectivity index (χ4v) is 2.40. The zero-order chi connectivity index (χ0) is 15.0. The number of aryl methyl sites for hydroxylation is 1. The van der Waals surface area contributed by atoms with Gasteiger partial charge in [0, 0.05) is 7.11 Å². The predicted octanol–water partition coefficient (Wildman–Crippen LogP) is 4.14. The van der Waals surface area contributed by atoms with Crippen molar-refractivity contribution < 1.29 is 4.74 Å². The van der Waals surface area contributed by atoms with E-state index >= 15 is 0 Å². The van der Waals surface area contributed by atoms with Gasteiger partial charge in [0.25, 0.3) is 0 Å². The first kappa shape index (κ1) is 17.0. The van der Waals surface area contributed by atoms with Crippen molar-refractivity contribution in [3.8, 4) is 0 Å². The lowest BCUT2D eigenvalue weighted by Gasteiger charge is -2.23. The van der Waals surface area contributed by atoms with E-state index in [-0.39, 0.29) is 5.60 Å². The number of nitrogens with one attached hydrogen (secondary N) is 1. The van der Waals surface area contributed by atoms with Crippen LogP contribution in [0.2, 0.25) is 0 Å². The van der Waals surface area contributed by atoms with Gasteiger partial charge in [-0.15, -0.1) is 0 Å². The molecule has 20 heavy (non-hydrogen) atoms. The summed E-state index contributed by atoms with van der Waals surface area (Å²) in [6.45, 7) is 6.64. The number of rotatable bonds is 9. The topological polar surface area (TPSA) is 47.3 Å². The summed E-state index contributed by atoms with van der Waals surface area (Å²) in [5, 5.41) is 0. The number of methoxy groups -OCH3 is 1. The van der Waals surface area contributed by atoms with Crippen LogP contribution in [0, 0.1) is 5.92 Å². The fourth-order valence-electron chi connectivity index (χ4n) is 2.40. The summed E-state index contributed by atoms with van der Waals surface area (Å²) in [6.07, 6.45) is 5.87. The first-order valence-corrected chi connectivity index (χ1v) is 7.58. The van der Waals surface area contributed by atoms with Gasteiger partial charge in [0.2, 0.25) is 0 Å². The van der Waals surface area contributed by atoms with E-state index in [0.29, 0.717) is 0 Å². The van der Waals surface area contributed by atoms with Crippen LogP contribution in [0.5, 0.6) is 0 Å². The fraction of sp³-hybridized carbons (Fsp3) is 0.647. The van der Waals surface area contributed by atoms with Crippen molar-refractivity contribution in [2.75, 3.05) is 12.5 Å². The molecule has 1 unspecified atom stereocenters. The SMILES string of the molecule is COC(C)(C)CCCC(C)CCc1ccccc1NN. The molecule has 1 rings (SSSR count). The highest BCUT2D eigenvalue weighted by molar-refractivity contribution is 5.49. The zero-order valence-electron chi connectivity index (χ0n) is 13.4. The van der Waals surface area contributed by atoms with Crippen LogP contribution in [0.15, 0.2) is 24.3 Å². The third-order valence-electron chi connectivity index (χ3n) is 4.11. The summed E-state index contributed by atoms with van der Waals surface area (Å²) in [4.78, 5) is 0. The molecule has 114 valence electrons. The highest BCUT2D eigenvalue weighted by Crippen LogP contribution is 2.23. The standard InChI is InChI=1S/C17H30N2O/c1-14(8-7-13-17(2,3)20-4)11-12-15-9-5-6-10-16(15)19-18/h5-6,9-10,14,19H,7-8,11-13,18H2,1-4H3. The normalized spacial score (nSPS) is 13.2. The van der Waals surface area contributed by atoms with Crippen LogP contribution in [0.25, 0.3) is 0 Å². The molecule has 0 spiro atoms. The lowest BCUT2D eigenvalue weighted by molar-refractivity contribution is 0.0127. The number of benzene rings is 1. The lowest BCUT2D eigenvalue weighted by Crippen LogP contribution is -2.22. The molecule has 1 aromatic rings. The Balaban J connectivity index is 2.31. The molecule has 0 radical (unpaired) electrons. The van der Waals surface area contributed by atoms with Crippen molar-refractivity contribution in [2.24, 2.45) is 11.8 Å². The summed E-state index contributed by atoms with van der Waals surface area (Å²) in [6, 6.07) is 8.26. The van der Waals surface area contributed by atoms with Crippen LogP contribution in [-0.4, -0.2) is 12.7 Å². The van der Waals surface area contributed by atoms with E-state index in [4.69, 9.17) is 10.6 Å². The van der Waals surface area contributed by atoms with Gasteiger partial charge >= 0.3 is 0 Å². The predicted molar refractivity (Wildman–Crippen MR) is 86.7 cm³/mol. The van der Waals surface area contributed by atoms with Crippen LogP contribution < -0.4 is 11.3 Å². The zero-order valence-corrected chi connectivity index (χ0v) is 13.4. The molecule has 0 aromatic heterocycles. The Morgan fingerprint density at radius 2 is 1.95 bits per heavy atom. The van der Waals surface area contributed by atoms with Crippen molar-refractivity contribution in [1.82, 2.24) is 0 Å². The third kappa shape index (κ3) is 5.93. The van der Waals surface area contributed by atoms with Crippen molar-refractivity contribution in [3.63, 3.8) is 0 Å². The second kappa shape index (κ2) is 8.28. The number of nitrogen functional groups attached to an aromatic ring is 1. The molecule has 0 bridgehead atoms. The van der Waals surface area contributed by atoms with Crippen LogP contribution in [0.4, 0.5) is 5.69 Å². The molecule has 1 aromatic carbocycles. The summed E-state index contributed by atoms with van der Waals surface area (Å²) < 4.78 is 5.46. The first-order valence-electron chi connectivity index (χ1n) is 7.58. The van der Waals surface area contributed by atoms with Gasteiger partial charge in [-0.05, 0) is 50.7 Å². The van der Waals surface area contributed by atoms with E-state index in [1.165, 1.54) is 24.8 Å². The molecule has 0 saturated heterocycles. The van der Waals surface area contributed by atoms with Crippen LogP contribution in [-0.2, 0) is 11.2 Å². The summed E-state index contributed by atoms with van der Waals surface area (Å²) in [5.41, 5.74) is 5.13. The molecular weight excluding hydrogens is 248 g/mol. The molecule has 0 aliphatic rings. The molecular formula is C17H30N2O. The quantitative estimate of drug-likeness (QED) is 0.527. The van der Waals surface area contributed by atoms with Gasteiger partial charge in [-0.3, -0.25) is 5.84 Å². The maximum absolute atomic E-state index is 5.54. The molecule has 0 heterocycles. The Bertz CT molecular complexity index is 390. The van der Waals surface area contributed by atoms with E-state index in [2.05, 4.69) is 38.3 Å². The van der Waals surface area contributed by atoms with Gasteiger partial charge in [-0.1, -0.05) is 38.0 Å². The first-order chi connectivity index (χ1) is 9.48. The molecule has 0 fully saturated rings. The van der Waals surface area contributed by atoms with Crippen molar-refractivity contribution in [3.05, 3.63) is 29.8 Å². The number of ether oxygens (including phenoxy) is 1. The van der Waals surface area contributed by atoms with Crippen LogP contribution in [0.1, 0.15) is 52.0 Å². The molecule has 0 aliphatic carbocycles. The monoisotopic (exact) mass is 278 g/mol. The van der Waals surface area contributed by atoms with Gasteiger partial charge in [0.1, 0.15) is 0 Å². The highest BCUT2D eigenvalue weighted by atomic mass is 16.5. The van der Waals surface area contributed by atoms with E-state index in [1.54, 1.807) is 7.11 Å². The smallest absolute Gasteiger partial charge is 0.0622 e. The van der Waals surface area contributed by atoms with E-state index in [1.807, 2.05) is 12.1 Å². The summed E-state index contributed by atoms with van der Waals surface area (Å²) in [7, 11) is 1.79. The molecule has 3 heteroatoms. The maximum atomic E-state index is 5.54. The summed E-state index contributed by atoms with van der Waals surface area (Å²) in [5.74, 6) is 6.27. The highest BCUT2D eigenvalue weighted by Gasteiger charge is 2.16. The Kier molecular flexibility index (Phi) is 7.03. The molecule has 0 amide bonds. The summed E-state index contributed by atoms with van der Waals surface area (Å²) >= 11 is 0. The maximum Gasteiger partial charge on any atom is 0.0622 e. The number of hydrogen-bond acceptors (Lipinski definition) is 3. The Labute approximate surface area is 123 Å². The number of para-hydroxylation sites is 1. The second-order valence-corrected chi connectivity index (χ2v) is 6.30. The van der Waals surface area contributed by atoms with Gasteiger partial charge in [-0.2, -0.15) is 0 Å². The molecule has 3 N–H and O–H groups in total. The van der Waals surface area contributed by atoms with Crippen molar-refractivity contribution in [2.45, 2.75) is 58.5 Å². The number of hydrazine groups is 1. The lowest BCUT2D eigenvalue weighted by atomic mass is 9.92. The Morgan fingerprint density at radius 3 is 2.60 bits per heavy atom. The average molecular weight is 278 g/mol. The molecule has 1 atom stereocenters. The van der Waals surface area contributed by atoms with Gasteiger partial charge in [0.15, 0.2) is 0 Å².